The Hall–Kier alpha value is -3.31. The van der Waals surface area contributed by atoms with Crippen LogP contribution in [0.5, 0.6) is 17.4 Å². The van der Waals surface area contributed by atoms with Crippen molar-refractivity contribution < 1.29 is 9.47 Å². The van der Waals surface area contributed by atoms with Crippen LogP contribution in [-0.2, 0) is 13.0 Å². The lowest BCUT2D eigenvalue weighted by Gasteiger charge is -2.08. The topological polar surface area (TPSA) is 59.2 Å². The average molecular weight is 416 g/mol. The van der Waals surface area contributed by atoms with Gasteiger partial charge in [-0.2, -0.15) is 0 Å². The van der Waals surface area contributed by atoms with Gasteiger partial charge in [-0.25, -0.2) is 4.98 Å². The Kier molecular flexibility index (Phi) is 7.19. The Morgan fingerprint density at radius 2 is 1.97 bits per heavy atom. The molecule has 0 aliphatic heterocycles. The number of H-pyrrole nitrogens is 1. The molecule has 0 saturated heterocycles. The number of ether oxygens (including phenoxy) is 2. The predicted molar refractivity (Wildman–Crippen MR) is 125 cm³/mol. The molecule has 0 atom stereocenters. The maximum Gasteiger partial charge on any atom is 0.219 e. The van der Waals surface area contributed by atoms with Crippen LogP contribution in [0.4, 0.5) is 0 Å². The van der Waals surface area contributed by atoms with Crippen LogP contribution in [-0.4, -0.2) is 23.1 Å². The SMILES string of the molecule is CCCCOc1ccc2[nH]cc(CCNCc3cccc(Oc4ccccn4)c3)c2c1. The van der Waals surface area contributed by atoms with Gasteiger partial charge in [0, 0.05) is 35.9 Å². The van der Waals surface area contributed by atoms with Gasteiger partial charge in [0.2, 0.25) is 5.88 Å². The van der Waals surface area contributed by atoms with Crippen molar-refractivity contribution in [1.82, 2.24) is 15.3 Å². The Balaban J connectivity index is 1.30. The highest BCUT2D eigenvalue weighted by Crippen LogP contribution is 2.24. The molecule has 4 aromatic rings. The van der Waals surface area contributed by atoms with Crippen LogP contribution in [0.15, 0.2) is 73.1 Å². The smallest absolute Gasteiger partial charge is 0.219 e. The van der Waals surface area contributed by atoms with Gasteiger partial charge in [0.05, 0.1) is 6.61 Å². The number of aromatic nitrogens is 2. The van der Waals surface area contributed by atoms with Crippen molar-refractivity contribution in [3.63, 3.8) is 0 Å². The molecule has 4 rings (SSSR count). The second-order valence-corrected chi connectivity index (χ2v) is 7.57. The maximum absolute atomic E-state index is 5.87. The number of hydrogen-bond donors (Lipinski definition) is 2. The van der Waals surface area contributed by atoms with Crippen LogP contribution in [0.2, 0.25) is 0 Å². The van der Waals surface area contributed by atoms with E-state index in [1.165, 1.54) is 16.5 Å². The van der Waals surface area contributed by atoms with Crippen LogP contribution >= 0.6 is 0 Å². The minimum Gasteiger partial charge on any atom is -0.494 e. The summed E-state index contributed by atoms with van der Waals surface area (Å²) in [7, 11) is 0. The van der Waals surface area contributed by atoms with Gasteiger partial charge in [-0.05, 0) is 66.9 Å². The van der Waals surface area contributed by atoms with Gasteiger partial charge in [0.15, 0.2) is 0 Å². The van der Waals surface area contributed by atoms with Crippen molar-refractivity contribution in [2.45, 2.75) is 32.7 Å². The lowest BCUT2D eigenvalue weighted by molar-refractivity contribution is 0.310. The highest BCUT2D eigenvalue weighted by molar-refractivity contribution is 5.84. The Labute approximate surface area is 183 Å². The van der Waals surface area contributed by atoms with Crippen LogP contribution in [0.25, 0.3) is 10.9 Å². The zero-order valence-corrected chi connectivity index (χ0v) is 17.9. The number of nitrogens with zero attached hydrogens (tertiary/aromatic N) is 1. The molecule has 0 aliphatic carbocycles. The fourth-order valence-corrected chi connectivity index (χ4v) is 3.49. The number of pyridine rings is 1. The molecule has 0 fully saturated rings. The van der Waals surface area contributed by atoms with E-state index in [2.05, 4.69) is 46.6 Å². The molecule has 0 radical (unpaired) electrons. The fourth-order valence-electron chi connectivity index (χ4n) is 3.49. The molecule has 2 heterocycles. The van der Waals surface area contributed by atoms with Crippen LogP contribution in [0, 0.1) is 0 Å². The molecule has 5 heteroatoms. The first-order chi connectivity index (χ1) is 15.3. The van der Waals surface area contributed by atoms with Crippen LogP contribution < -0.4 is 14.8 Å². The van der Waals surface area contributed by atoms with Crippen LogP contribution in [0.1, 0.15) is 30.9 Å². The van der Waals surface area contributed by atoms with Crippen molar-refractivity contribution >= 4 is 10.9 Å². The highest BCUT2D eigenvalue weighted by Gasteiger charge is 2.06. The second kappa shape index (κ2) is 10.6. The van der Waals surface area contributed by atoms with E-state index in [1.54, 1.807) is 6.20 Å². The standard InChI is InChI=1S/C26H29N3O2/c1-2-3-15-30-22-10-11-25-24(17-22)21(19-29-25)12-14-27-18-20-7-6-8-23(16-20)31-26-9-4-5-13-28-26/h4-11,13,16-17,19,27,29H,2-3,12,14-15,18H2,1H3. The number of hydrogen-bond acceptors (Lipinski definition) is 4. The summed E-state index contributed by atoms with van der Waals surface area (Å²) in [6.07, 6.45) is 7.00. The van der Waals surface area contributed by atoms with Crippen LogP contribution in [0.3, 0.4) is 0 Å². The molecule has 0 saturated carbocycles. The van der Waals surface area contributed by atoms with E-state index in [9.17, 15) is 0 Å². The van der Waals surface area contributed by atoms with Gasteiger partial charge in [-0.3, -0.25) is 0 Å². The van der Waals surface area contributed by atoms with Gasteiger partial charge in [-0.1, -0.05) is 31.5 Å². The third kappa shape index (κ3) is 5.86. The zero-order chi connectivity index (χ0) is 21.3. The number of unbranched alkanes of at least 4 members (excludes halogenated alkanes) is 1. The summed E-state index contributed by atoms with van der Waals surface area (Å²) in [5, 5.41) is 4.77. The lowest BCUT2D eigenvalue weighted by Crippen LogP contribution is -2.16. The third-order valence-corrected chi connectivity index (χ3v) is 5.16. The van der Waals surface area contributed by atoms with Gasteiger partial charge in [0.25, 0.3) is 0 Å². The third-order valence-electron chi connectivity index (χ3n) is 5.16. The second-order valence-electron chi connectivity index (χ2n) is 7.57. The first-order valence-electron chi connectivity index (χ1n) is 10.9. The summed E-state index contributed by atoms with van der Waals surface area (Å²) in [5.41, 5.74) is 3.63. The van der Waals surface area contributed by atoms with E-state index < -0.39 is 0 Å². The van der Waals surface area contributed by atoms with Gasteiger partial charge >= 0.3 is 0 Å². The quantitative estimate of drug-likeness (QED) is 0.301. The predicted octanol–water partition coefficient (Wildman–Crippen LogP) is 5.87. The van der Waals surface area contributed by atoms with E-state index in [4.69, 9.17) is 9.47 Å². The van der Waals surface area contributed by atoms with Gasteiger partial charge < -0.3 is 19.8 Å². The molecule has 0 amide bonds. The summed E-state index contributed by atoms with van der Waals surface area (Å²) in [4.78, 5) is 7.58. The minimum atomic E-state index is 0.602. The molecule has 160 valence electrons. The van der Waals surface area contributed by atoms with E-state index in [0.29, 0.717) is 5.88 Å². The maximum atomic E-state index is 5.87. The van der Waals surface area contributed by atoms with Crippen molar-refractivity contribution in [1.29, 1.82) is 0 Å². The molecule has 31 heavy (non-hydrogen) atoms. The molecule has 0 bridgehead atoms. The summed E-state index contributed by atoms with van der Waals surface area (Å²) in [6.45, 7) is 4.62. The molecule has 2 aromatic heterocycles. The number of aromatic amines is 1. The monoisotopic (exact) mass is 415 g/mol. The molecule has 5 nitrogen and oxygen atoms in total. The van der Waals surface area contributed by atoms with Gasteiger partial charge in [0.1, 0.15) is 11.5 Å². The molecule has 0 spiro atoms. The minimum absolute atomic E-state index is 0.602. The molecule has 0 aliphatic rings. The number of benzene rings is 2. The molecule has 2 aromatic carbocycles. The Bertz CT molecular complexity index is 1090. The lowest BCUT2D eigenvalue weighted by atomic mass is 10.1. The highest BCUT2D eigenvalue weighted by atomic mass is 16.5. The van der Waals surface area contributed by atoms with Crippen molar-refractivity contribution in [2.24, 2.45) is 0 Å². The summed E-state index contributed by atoms with van der Waals surface area (Å²) < 4.78 is 11.7. The van der Waals surface area contributed by atoms with Crippen molar-refractivity contribution in [3.05, 3.63) is 84.2 Å². The summed E-state index contributed by atoms with van der Waals surface area (Å²) >= 11 is 0. The first kappa shape index (κ1) is 20.9. The van der Waals surface area contributed by atoms with E-state index >= 15 is 0 Å². The first-order valence-corrected chi connectivity index (χ1v) is 10.9. The Morgan fingerprint density at radius 1 is 1.00 bits per heavy atom. The zero-order valence-electron chi connectivity index (χ0n) is 17.9. The number of rotatable bonds is 11. The normalized spacial score (nSPS) is 11.0. The van der Waals surface area contributed by atoms with E-state index in [0.717, 1.165) is 56.0 Å². The van der Waals surface area contributed by atoms with Crippen molar-refractivity contribution in [2.75, 3.05) is 13.2 Å². The summed E-state index contributed by atoms with van der Waals surface area (Å²) in [5.74, 6) is 2.34. The number of nitrogens with one attached hydrogen (secondary N) is 2. The Morgan fingerprint density at radius 3 is 2.84 bits per heavy atom. The van der Waals surface area contributed by atoms with E-state index in [1.807, 2.05) is 42.5 Å². The number of fused-ring (bicyclic) bond motifs is 1. The molecule has 2 N–H and O–H groups in total. The molecular weight excluding hydrogens is 386 g/mol. The summed E-state index contributed by atoms with van der Waals surface area (Å²) in [6, 6.07) is 20.0. The largest absolute Gasteiger partial charge is 0.494 e. The van der Waals surface area contributed by atoms with E-state index in [-0.39, 0.29) is 0 Å². The fraction of sp³-hybridized carbons (Fsp3) is 0.269. The van der Waals surface area contributed by atoms with Crippen molar-refractivity contribution in [3.8, 4) is 17.4 Å². The molecule has 0 unspecified atom stereocenters. The molecular formula is C26H29N3O2. The van der Waals surface area contributed by atoms with Gasteiger partial charge in [-0.15, -0.1) is 0 Å². The average Bonchev–Trinajstić information content (AvgIpc) is 3.20.